The molecule has 11 rings (SSSR count). The molecule has 2 amide bonds. The van der Waals surface area contributed by atoms with Gasteiger partial charge in [0.25, 0.3) is 0 Å². The number of aromatic carboxylic acids is 1. The van der Waals surface area contributed by atoms with Crippen LogP contribution in [0.4, 0.5) is 4.79 Å². The maximum absolute atomic E-state index is 13.4. The van der Waals surface area contributed by atoms with Gasteiger partial charge in [0.05, 0.1) is 99.5 Å². The number of carboxylic acids is 2. The molecule has 3 heterocycles. The molecule has 1 fully saturated rings. The zero-order chi connectivity index (χ0) is 80.8. The molecule has 1 aliphatic heterocycles. The number of amides is 2. The van der Waals surface area contributed by atoms with Gasteiger partial charge in [0, 0.05) is 61.7 Å². The van der Waals surface area contributed by atoms with Crippen molar-refractivity contribution in [1.29, 1.82) is 0 Å². The number of para-hydroxylation sites is 4. The number of allylic oxidation sites excluding steroid dienone is 2. The van der Waals surface area contributed by atoms with Gasteiger partial charge in [0.1, 0.15) is 0 Å². The molecule has 9 aromatic rings. The number of benzene rings is 7. The van der Waals surface area contributed by atoms with Crippen molar-refractivity contribution in [3.63, 3.8) is 0 Å². The average Bonchev–Trinajstić information content (AvgIpc) is 1.64. The Morgan fingerprint density at radius 3 is 1.27 bits per heavy atom. The first kappa shape index (κ1) is 101. The molecule has 4 unspecified atom stereocenters. The predicted octanol–water partition coefficient (Wildman–Crippen LogP) is 15.5. The number of rotatable bonds is 22. The molecule has 2 aliphatic rings. The Hall–Kier alpha value is -7.55. The van der Waals surface area contributed by atoms with Crippen molar-refractivity contribution in [2.45, 2.75) is 163 Å². The number of aliphatic carboxylic acids is 1. The molecule has 29 heteroatoms. The van der Waals surface area contributed by atoms with Crippen molar-refractivity contribution in [2.24, 2.45) is 0 Å². The number of halogens is 6. The number of nitrogens with zero attached hydrogens (tertiary/aromatic N) is 5. The van der Waals surface area contributed by atoms with Crippen LogP contribution < -0.4 is 35.6 Å². The largest absolute Gasteiger partial charge is 1.00 e. The minimum Gasteiger partial charge on any atom is -1.00 e. The second-order valence-electron chi connectivity index (χ2n) is 25.7. The molecule has 3 radical (unpaired) electrons. The number of ether oxygens (including phenoxy) is 3. The van der Waals surface area contributed by atoms with E-state index in [4.69, 9.17) is 24.8 Å². The first-order valence-corrected chi connectivity index (χ1v) is 39.4. The number of hydrogen-bond donors (Lipinski definition) is 5. The second-order valence-corrected chi connectivity index (χ2v) is 30.2. The van der Waals surface area contributed by atoms with Gasteiger partial charge >= 0.3 is 66.1 Å². The van der Waals surface area contributed by atoms with Crippen LogP contribution in [-0.4, -0.2) is 128 Å². The molecular formula is C83H99BBr5ClLiN6O15. The molecule has 1 saturated heterocycles. The number of aliphatic hydroxyl groups excluding tert-OH is 2. The number of methoxy groups -OCH3 is 3. The zero-order valence-electron chi connectivity index (χ0n) is 66.4. The molecule has 4 atom stereocenters. The van der Waals surface area contributed by atoms with Crippen LogP contribution in [0.25, 0.3) is 22.1 Å². The van der Waals surface area contributed by atoms with Gasteiger partial charge in [-0.3, -0.25) is 37.6 Å². The van der Waals surface area contributed by atoms with Gasteiger partial charge in [-0.25, -0.2) is 24.0 Å². The third-order valence-corrected chi connectivity index (χ3v) is 20.6. The van der Waals surface area contributed by atoms with Crippen molar-refractivity contribution in [1.82, 2.24) is 28.5 Å². The van der Waals surface area contributed by atoms with Crippen LogP contribution in [0.5, 0.6) is 0 Å². The minimum absolute atomic E-state index is 0. The summed E-state index contributed by atoms with van der Waals surface area (Å²) in [6.45, 7) is 16.9. The van der Waals surface area contributed by atoms with E-state index in [9.17, 15) is 43.5 Å². The summed E-state index contributed by atoms with van der Waals surface area (Å²) in [5.41, 5.74) is 13.2. The fourth-order valence-electron chi connectivity index (χ4n) is 12.4. The number of carbonyl (C=O) groups excluding carboxylic acids is 4. The Kier molecular flexibility index (Phi) is 45.4. The van der Waals surface area contributed by atoms with E-state index in [1.165, 1.54) is 21.3 Å². The van der Waals surface area contributed by atoms with Gasteiger partial charge in [-0.1, -0.05) is 186 Å². The average molecular weight is 1870 g/mol. The Bertz CT molecular complexity index is 4820. The second kappa shape index (κ2) is 50.6. The van der Waals surface area contributed by atoms with E-state index >= 15 is 0 Å². The van der Waals surface area contributed by atoms with E-state index in [1.54, 1.807) is 48.3 Å². The summed E-state index contributed by atoms with van der Waals surface area (Å²) in [6.07, 6.45) is 11.9. The van der Waals surface area contributed by atoms with Crippen molar-refractivity contribution >= 4 is 158 Å². The molecule has 5 N–H and O–H groups in total. The van der Waals surface area contributed by atoms with E-state index in [0.717, 1.165) is 140 Å². The summed E-state index contributed by atoms with van der Waals surface area (Å²) in [5.74, 6) is -2.65. The van der Waals surface area contributed by atoms with Crippen LogP contribution in [-0.2, 0) is 48.3 Å². The van der Waals surface area contributed by atoms with Crippen molar-refractivity contribution in [2.75, 3.05) is 28.4 Å². The predicted molar refractivity (Wildman–Crippen MR) is 460 cm³/mol. The van der Waals surface area contributed by atoms with Crippen molar-refractivity contribution in [3.05, 3.63) is 262 Å². The molecule has 1 aliphatic carbocycles. The Morgan fingerprint density at radius 1 is 0.518 bits per heavy atom. The van der Waals surface area contributed by atoms with E-state index in [-0.39, 0.29) is 126 Å². The summed E-state index contributed by atoms with van der Waals surface area (Å²) in [4.78, 5) is 97.1. The van der Waals surface area contributed by atoms with Gasteiger partial charge in [-0.15, -0.1) is 12.4 Å². The Balaban J connectivity index is 0.000000698. The third-order valence-electron chi connectivity index (χ3n) is 18.1. The number of imidazole rings is 2. The SMILES string of the molecule is CCCC(CC(=O)O)n1c(=O)n(Cc2cc(Br)ccc2C)c2ccccc21.CCCC(CC(=O)OC)N1C(=O)NC2CC=CC=C21.CCCC(CC(=O)OC)n1c(=O)n(Cc2cc(Br)ccc2C)c2ccccc21.CO.COC(=O)c1cc(Br)ccc1C.Cc1ccc(Br)cc1C(=O)O.Cc1ccc(Br)cc1CO.Cl.[B].[H-].[Li+]. The normalized spacial score (nSPS) is 12.8. The van der Waals surface area contributed by atoms with Crippen LogP contribution >= 0.6 is 92.1 Å². The summed E-state index contributed by atoms with van der Waals surface area (Å²) < 4.78 is 25.8. The Morgan fingerprint density at radius 2 is 0.884 bits per heavy atom. The standard InChI is InChI=1S/C22H25BrN2O3.C21H23BrN2O3.C14H20N2O3.C9H9BrO2.C8H7BrO2.C8H9BrO.CH4O.B.ClH.Li.H/c1-4-7-18(13-21(26)28-3)25-20-9-6-5-8-19(20)24(22(25)27)14-16-12-17(23)11-10-15(16)2;1-3-6-17(12-20(25)26)24-19-8-5-4-7-18(19)23(21(24)27)13-15-11-16(22)10-9-14(15)2;1-3-6-10(9-13(17)19-2)16-12-8-5-4-7-11(12)15-14(16)18;1-6-3-4-7(10)5-8(6)9(11)12-2;1-5-2-3-6(9)4-7(5)8(10)11;1-6-2-3-8(9)4-7(6)5-10;1-2;;;;/h5-6,8-12,18H,4,7,13-14H2,1-3H3;4-5,7-11,17H,3,6,12-13H2,1-2H3,(H,25,26);4-5,8,10-11H,3,6-7,9H2,1-2H3,(H,15,18);3-5H,1-2H3;2-4H,1H3,(H,10,11);2-4,10H,5H2,1H3;2H,1H3;;1H;;/q;;;;;;;;;+1;-1. The third kappa shape index (κ3) is 28.8. The van der Waals surface area contributed by atoms with E-state index in [1.807, 2.05) is 181 Å². The van der Waals surface area contributed by atoms with Gasteiger partial charge in [-0.2, -0.15) is 0 Å². The number of aromatic nitrogens is 4. The molecule has 597 valence electrons. The molecular weight excluding hydrogens is 1770 g/mol. The minimum atomic E-state index is -0.889. The first-order valence-electron chi connectivity index (χ1n) is 35.4. The number of aryl methyl sites for hydroxylation is 5. The molecule has 0 spiro atoms. The van der Waals surface area contributed by atoms with Crippen LogP contribution in [0.3, 0.4) is 0 Å². The van der Waals surface area contributed by atoms with Gasteiger partial charge in [-0.05, 0) is 196 Å². The monoisotopic (exact) mass is 1870 g/mol. The summed E-state index contributed by atoms with van der Waals surface area (Å²) in [7, 11) is 5.14. The molecule has 112 heavy (non-hydrogen) atoms. The van der Waals surface area contributed by atoms with Crippen LogP contribution in [0, 0.1) is 34.6 Å². The van der Waals surface area contributed by atoms with Crippen LogP contribution in [0.15, 0.2) is 195 Å². The topological polar surface area (TPSA) is 280 Å². The van der Waals surface area contributed by atoms with E-state index in [0.29, 0.717) is 30.6 Å². The maximum Gasteiger partial charge on any atom is 1.00 e. The zero-order valence-corrected chi connectivity index (χ0v) is 74.2. The van der Waals surface area contributed by atoms with Crippen molar-refractivity contribution in [3.8, 4) is 0 Å². The quantitative estimate of drug-likeness (QED) is 0.0240. The molecule has 21 nitrogen and oxygen atoms in total. The fourth-order valence-corrected chi connectivity index (χ4v) is 14.4. The Labute approximate surface area is 718 Å². The summed E-state index contributed by atoms with van der Waals surface area (Å²) >= 11 is 16.8. The number of nitrogens with one attached hydrogen (secondary N) is 1. The van der Waals surface area contributed by atoms with E-state index in [2.05, 4.69) is 96.6 Å². The van der Waals surface area contributed by atoms with Crippen LogP contribution in [0.1, 0.15) is 164 Å². The van der Waals surface area contributed by atoms with Gasteiger partial charge < -0.3 is 41.4 Å². The fraction of sp³-hybridized carbons (Fsp3) is 0.349. The van der Waals surface area contributed by atoms with Crippen molar-refractivity contribution < 1.29 is 83.7 Å². The summed E-state index contributed by atoms with van der Waals surface area (Å²) in [6, 6.07) is 43.3. The molecule has 0 saturated carbocycles. The van der Waals surface area contributed by atoms with Crippen LogP contribution in [0.2, 0.25) is 0 Å². The molecule has 7 aromatic carbocycles. The molecule has 2 aromatic heterocycles. The smallest absolute Gasteiger partial charge is 1.00 e. The number of esters is 3. The number of fused-ring (bicyclic) bond motifs is 3. The van der Waals surface area contributed by atoms with E-state index < -0.39 is 11.9 Å². The number of carboxylic acid groups (broad SMARTS) is 2. The molecule has 0 bridgehead atoms. The number of urea groups is 1. The number of hydrogen-bond acceptors (Lipinski definition) is 13. The number of aliphatic hydroxyl groups is 2. The number of carbonyl (C=O) groups is 6. The summed E-state index contributed by atoms with van der Waals surface area (Å²) in [5, 5.41) is 36.8. The van der Waals surface area contributed by atoms with Gasteiger partial charge in [0.15, 0.2) is 0 Å². The maximum atomic E-state index is 13.4. The van der Waals surface area contributed by atoms with Gasteiger partial charge in [0.2, 0.25) is 0 Å². The first-order chi connectivity index (χ1) is 52.0.